The zero-order valence-corrected chi connectivity index (χ0v) is 8.34. The molecule has 2 aromatic carbocycles. The van der Waals surface area contributed by atoms with Crippen molar-refractivity contribution in [1.29, 1.82) is 0 Å². The van der Waals surface area contributed by atoms with E-state index in [1.807, 2.05) is 0 Å². The number of phenols is 1. The second kappa shape index (κ2) is 4.10. The molecule has 0 atom stereocenters. The molecule has 0 aliphatic heterocycles. The Labute approximate surface area is 91.7 Å². The predicted octanol–water partition coefficient (Wildman–Crippen LogP) is 0.674. The van der Waals surface area contributed by atoms with Crippen LogP contribution in [0.25, 0.3) is 10.8 Å². The quantitative estimate of drug-likeness (QED) is 0.820. The molecule has 0 fully saturated rings. The van der Waals surface area contributed by atoms with Crippen molar-refractivity contribution in [3.8, 4) is 11.5 Å². The van der Waals surface area contributed by atoms with Crippen LogP contribution in [0.1, 0.15) is 0 Å². The molecule has 0 bridgehead atoms. The summed E-state index contributed by atoms with van der Waals surface area (Å²) in [6.07, 6.45) is 0. The second-order valence-corrected chi connectivity index (χ2v) is 3.29. The maximum Gasteiger partial charge on any atom is 0.128 e. The van der Waals surface area contributed by atoms with Gasteiger partial charge in [0.1, 0.15) is 18.1 Å². The summed E-state index contributed by atoms with van der Waals surface area (Å²) in [7, 11) is 0. The van der Waals surface area contributed by atoms with E-state index in [2.05, 4.69) is 0 Å². The fourth-order valence-electron chi connectivity index (χ4n) is 1.53. The van der Waals surface area contributed by atoms with E-state index in [9.17, 15) is 15.0 Å². The fraction of sp³-hybridized carbons (Fsp3) is 0.0833. The number of ether oxygens (including phenoxy) is 1. The van der Waals surface area contributed by atoms with Gasteiger partial charge in [0.15, 0.2) is 0 Å². The molecular weight excluding hydrogens is 208 g/mol. The van der Waals surface area contributed by atoms with Crippen molar-refractivity contribution < 1.29 is 19.7 Å². The van der Waals surface area contributed by atoms with E-state index in [0.29, 0.717) is 16.5 Å². The number of aliphatic carboxylic acids is 1. The lowest BCUT2D eigenvalue weighted by atomic mass is 10.1. The normalized spacial score (nSPS) is 10.2. The highest BCUT2D eigenvalue weighted by Gasteiger charge is 2.04. The van der Waals surface area contributed by atoms with Crippen molar-refractivity contribution in [3.63, 3.8) is 0 Å². The largest absolute Gasteiger partial charge is 0.546 e. The van der Waals surface area contributed by atoms with Gasteiger partial charge in [-0.25, -0.2) is 0 Å². The molecule has 1 N–H and O–H groups in total. The van der Waals surface area contributed by atoms with Crippen LogP contribution in [0, 0.1) is 0 Å². The number of hydrogen-bond donors (Lipinski definition) is 1. The molecular formula is C12H9O4-. The molecule has 0 amide bonds. The Bertz CT molecular complexity index is 534. The number of phenolic OH excluding ortho intramolecular Hbond substituents is 1. The van der Waals surface area contributed by atoms with Gasteiger partial charge in [-0.2, -0.15) is 0 Å². The highest BCUT2D eigenvalue weighted by atomic mass is 16.5. The van der Waals surface area contributed by atoms with Gasteiger partial charge in [-0.3, -0.25) is 0 Å². The molecule has 0 saturated carbocycles. The zero-order chi connectivity index (χ0) is 11.5. The first-order valence-corrected chi connectivity index (χ1v) is 4.72. The van der Waals surface area contributed by atoms with Crippen LogP contribution in [-0.2, 0) is 4.79 Å². The average molecular weight is 217 g/mol. The number of fused-ring (bicyclic) bond motifs is 1. The van der Waals surface area contributed by atoms with Gasteiger partial charge in [-0.15, -0.1) is 0 Å². The van der Waals surface area contributed by atoms with Crippen LogP contribution in [0.3, 0.4) is 0 Å². The third-order valence-electron chi connectivity index (χ3n) is 2.20. The standard InChI is InChI=1S/C12H10O4/c13-10-5-1-4-9-8(10)3-2-6-11(9)16-7-12(14)15/h1-6,13H,7H2,(H,14,15)/p-1. The number of aromatic hydroxyl groups is 1. The van der Waals surface area contributed by atoms with E-state index in [4.69, 9.17) is 4.74 Å². The SMILES string of the molecule is O=C([O-])COc1cccc2c(O)cccc12. The average Bonchev–Trinajstić information content (AvgIpc) is 2.27. The smallest absolute Gasteiger partial charge is 0.128 e. The summed E-state index contributed by atoms with van der Waals surface area (Å²) in [5, 5.41) is 21.2. The molecule has 0 saturated heterocycles. The number of carboxylic acids is 1. The van der Waals surface area contributed by atoms with Crippen molar-refractivity contribution in [2.75, 3.05) is 6.61 Å². The molecule has 0 unspecified atom stereocenters. The van der Waals surface area contributed by atoms with Crippen molar-refractivity contribution in [2.24, 2.45) is 0 Å². The van der Waals surface area contributed by atoms with Crippen LogP contribution in [0.5, 0.6) is 11.5 Å². The minimum Gasteiger partial charge on any atom is -0.546 e. The van der Waals surface area contributed by atoms with Crippen LogP contribution in [0.4, 0.5) is 0 Å². The molecule has 4 nitrogen and oxygen atoms in total. The minimum absolute atomic E-state index is 0.136. The Morgan fingerprint density at radius 2 is 1.88 bits per heavy atom. The van der Waals surface area contributed by atoms with E-state index in [1.165, 1.54) is 0 Å². The summed E-state index contributed by atoms with van der Waals surface area (Å²) < 4.78 is 5.06. The Hall–Kier alpha value is -2.23. The van der Waals surface area contributed by atoms with Gasteiger partial charge in [-0.05, 0) is 12.1 Å². The molecule has 2 aromatic rings. The maximum absolute atomic E-state index is 10.3. The van der Waals surface area contributed by atoms with Gasteiger partial charge in [0, 0.05) is 10.8 Å². The second-order valence-electron chi connectivity index (χ2n) is 3.29. The van der Waals surface area contributed by atoms with Gasteiger partial charge >= 0.3 is 0 Å². The van der Waals surface area contributed by atoms with Gasteiger partial charge in [0.25, 0.3) is 0 Å². The Morgan fingerprint density at radius 1 is 1.19 bits per heavy atom. The predicted molar refractivity (Wildman–Crippen MR) is 56.1 cm³/mol. The lowest BCUT2D eigenvalue weighted by Crippen LogP contribution is -2.28. The number of benzene rings is 2. The van der Waals surface area contributed by atoms with Crippen LogP contribution >= 0.6 is 0 Å². The Balaban J connectivity index is 2.45. The number of hydrogen-bond acceptors (Lipinski definition) is 4. The summed E-state index contributed by atoms with van der Waals surface area (Å²) in [4.78, 5) is 10.3. The summed E-state index contributed by atoms with van der Waals surface area (Å²) in [6, 6.07) is 10.0. The zero-order valence-electron chi connectivity index (χ0n) is 8.34. The molecule has 0 spiro atoms. The molecule has 0 aliphatic rings. The van der Waals surface area contributed by atoms with Crippen LogP contribution in [-0.4, -0.2) is 17.7 Å². The van der Waals surface area contributed by atoms with Gasteiger partial charge < -0.3 is 19.7 Å². The van der Waals surface area contributed by atoms with Crippen LogP contribution in [0.2, 0.25) is 0 Å². The number of rotatable bonds is 3. The van der Waals surface area contributed by atoms with E-state index in [1.54, 1.807) is 36.4 Å². The molecule has 4 heteroatoms. The van der Waals surface area contributed by atoms with Gasteiger partial charge in [-0.1, -0.05) is 24.3 Å². The van der Waals surface area contributed by atoms with E-state index in [-0.39, 0.29) is 5.75 Å². The van der Waals surface area contributed by atoms with Crippen molar-refractivity contribution in [3.05, 3.63) is 36.4 Å². The molecule has 82 valence electrons. The lowest BCUT2D eigenvalue weighted by Gasteiger charge is -2.10. The molecule has 0 aromatic heterocycles. The van der Waals surface area contributed by atoms with Crippen LogP contribution in [0.15, 0.2) is 36.4 Å². The monoisotopic (exact) mass is 217 g/mol. The minimum atomic E-state index is -1.28. The van der Waals surface area contributed by atoms with Gasteiger partial charge in [0.05, 0.1) is 5.97 Å². The Kier molecular flexibility index (Phi) is 2.64. The summed E-state index contributed by atoms with van der Waals surface area (Å²) in [6.45, 7) is -0.505. The summed E-state index contributed by atoms with van der Waals surface area (Å²) >= 11 is 0. The van der Waals surface area contributed by atoms with E-state index in [0.717, 1.165) is 0 Å². The number of carbonyl (C=O) groups is 1. The first-order chi connectivity index (χ1) is 7.68. The number of carbonyl (C=O) groups excluding carboxylic acids is 1. The highest BCUT2D eigenvalue weighted by Crippen LogP contribution is 2.31. The van der Waals surface area contributed by atoms with Crippen molar-refractivity contribution in [1.82, 2.24) is 0 Å². The summed E-state index contributed by atoms with van der Waals surface area (Å²) in [5.41, 5.74) is 0. The van der Waals surface area contributed by atoms with E-state index >= 15 is 0 Å². The maximum atomic E-state index is 10.3. The third-order valence-corrected chi connectivity index (χ3v) is 2.20. The highest BCUT2D eigenvalue weighted by molar-refractivity contribution is 5.92. The number of carboxylic acid groups (broad SMARTS) is 1. The molecule has 16 heavy (non-hydrogen) atoms. The van der Waals surface area contributed by atoms with Crippen LogP contribution < -0.4 is 9.84 Å². The molecule has 2 rings (SSSR count). The molecule has 0 aliphatic carbocycles. The molecule has 0 heterocycles. The topological polar surface area (TPSA) is 69.6 Å². The lowest BCUT2D eigenvalue weighted by molar-refractivity contribution is -0.307. The first-order valence-electron chi connectivity index (χ1n) is 4.72. The van der Waals surface area contributed by atoms with E-state index < -0.39 is 12.6 Å². The molecule has 0 radical (unpaired) electrons. The van der Waals surface area contributed by atoms with Crippen molar-refractivity contribution in [2.45, 2.75) is 0 Å². The fourth-order valence-corrected chi connectivity index (χ4v) is 1.53. The first kappa shape index (κ1) is 10.3. The Morgan fingerprint density at radius 3 is 2.62 bits per heavy atom. The van der Waals surface area contributed by atoms with Gasteiger partial charge in [0.2, 0.25) is 0 Å². The summed E-state index contributed by atoms with van der Waals surface area (Å²) in [5.74, 6) is -0.730. The van der Waals surface area contributed by atoms with Crippen molar-refractivity contribution >= 4 is 16.7 Å². The third kappa shape index (κ3) is 1.91.